The number of para-hydroxylation sites is 1. The summed E-state index contributed by atoms with van der Waals surface area (Å²) in [6.07, 6.45) is 0. The van der Waals surface area contributed by atoms with E-state index < -0.39 is 0 Å². The van der Waals surface area contributed by atoms with Crippen LogP contribution in [0.2, 0.25) is 0 Å². The van der Waals surface area contributed by atoms with Crippen molar-refractivity contribution in [2.24, 2.45) is 5.73 Å². The van der Waals surface area contributed by atoms with Gasteiger partial charge in [0.05, 0.1) is 26.2 Å². The van der Waals surface area contributed by atoms with Gasteiger partial charge >= 0.3 is 0 Å². The number of benzene rings is 2. The fourth-order valence-electron chi connectivity index (χ4n) is 2.52. The van der Waals surface area contributed by atoms with Crippen LogP contribution in [0, 0.1) is 0 Å². The molecule has 4 heteroatoms. The van der Waals surface area contributed by atoms with Crippen molar-refractivity contribution in [2.75, 3.05) is 20.3 Å². The first-order valence-electron chi connectivity index (χ1n) is 7.03. The summed E-state index contributed by atoms with van der Waals surface area (Å²) in [5.41, 5.74) is 7.86. The van der Waals surface area contributed by atoms with Crippen LogP contribution in [0.15, 0.2) is 42.5 Å². The van der Waals surface area contributed by atoms with Crippen LogP contribution < -0.4 is 19.9 Å². The molecule has 0 fully saturated rings. The van der Waals surface area contributed by atoms with Gasteiger partial charge in [0.15, 0.2) is 11.5 Å². The molecular formula is C17H19NO3. The molecule has 1 aliphatic heterocycles. The number of hydrogen-bond donors (Lipinski definition) is 1. The second kappa shape index (κ2) is 6.06. The highest BCUT2D eigenvalue weighted by atomic mass is 16.5. The lowest BCUT2D eigenvalue weighted by molar-refractivity contribution is 0.240. The van der Waals surface area contributed by atoms with Crippen LogP contribution in [0.3, 0.4) is 0 Å². The fourth-order valence-corrected chi connectivity index (χ4v) is 2.52. The molecule has 0 saturated heterocycles. The summed E-state index contributed by atoms with van der Waals surface area (Å²) in [5.74, 6) is 2.65. The van der Waals surface area contributed by atoms with Crippen molar-refractivity contribution in [3.8, 4) is 17.2 Å². The molecule has 21 heavy (non-hydrogen) atoms. The molecule has 1 heterocycles. The third-order valence-electron chi connectivity index (χ3n) is 3.70. The van der Waals surface area contributed by atoms with Crippen molar-refractivity contribution in [1.29, 1.82) is 0 Å². The Morgan fingerprint density at radius 3 is 2.86 bits per heavy atom. The smallest absolute Gasteiger partial charge is 0.161 e. The Hall–Kier alpha value is -2.20. The Morgan fingerprint density at radius 2 is 2.05 bits per heavy atom. The lowest BCUT2D eigenvalue weighted by atomic mass is 10.0. The van der Waals surface area contributed by atoms with Crippen LogP contribution in [0.1, 0.15) is 17.0 Å². The van der Waals surface area contributed by atoms with E-state index >= 15 is 0 Å². The molecule has 1 aliphatic rings. The van der Waals surface area contributed by atoms with Gasteiger partial charge in [-0.2, -0.15) is 0 Å². The molecule has 0 bridgehead atoms. The molecule has 110 valence electrons. The summed E-state index contributed by atoms with van der Waals surface area (Å²) in [6.45, 7) is 1.71. The first-order chi connectivity index (χ1) is 10.3. The highest BCUT2D eigenvalue weighted by molar-refractivity contribution is 5.44. The fraction of sp³-hybridized carbons (Fsp3) is 0.294. The maximum Gasteiger partial charge on any atom is 0.161 e. The first-order valence-corrected chi connectivity index (χ1v) is 7.03. The van der Waals surface area contributed by atoms with Crippen LogP contribution >= 0.6 is 0 Å². The molecule has 2 N–H and O–H groups in total. The van der Waals surface area contributed by atoms with Gasteiger partial charge in [-0.1, -0.05) is 24.3 Å². The zero-order valence-electron chi connectivity index (χ0n) is 12.0. The molecule has 2 aromatic rings. The predicted octanol–water partition coefficient (Wildman–Crippen LogP) is 2.71. The van der Waals surface area contributed by atoms with E-state index in [1.807, 2.05) is 36.4 Å². The van der Waals surface area contributed by atoms with E-state index in [1.54, 1.807) is 7.11 Å². The molecule has 0 saturated carbocycles. The van der Waals surface area contributed by atoms with Gasteiger partial charge in [0.2, 0.25) is 0 Å². The summed E-state index contributed by atoms with van der Waals surface area (Å²) >= 11 is 0. The molecule has 0 aromatic heterocycles. The quantitative estimate of drug-likeness (QED) is 0.917. The van der Waals surface area contributed by atoms with Crippen LogP contribution in [-0.2, 0) is 6.54 Å². The van der Waals surface area contributed by atoms with Gasteiger partial charge in [-0.05, 0) is 23.8 Å². The SMILES string of the molecule is COc1cc(CN)ccc1OCC1COc2ccccc21. The monoisotopic (exact) mass is 285 g/mol. The van der Waals surface area contributed by atoms with E-state index in [2.05, 4.69) is 6.07 Å². The number of nitrogens with two attached hydrogens (primary N) is 1. The van der Waals surface area contributed by atoms with E-state index in [-0.39, 0.29) is 5.92 Å². The largest absolute Gasteiger partial charge is 0.493 e. The van der Waals surface area contributed by atoms with Crippen molar-refractivity contribution < 1.29 is 14.2 Å². The molecule has 1 atom stereocenters. The number of hydrogen-bond acceptors (Lipinski definition) is 4. The zero-order chi connectivity index (χ0) is 14.7. The Morgan fingerprint density at radius 1 is 1.19 bits per heavy atom. The van der Waals surface area contributed by atoms with Gasteiger partial charge < -0.3 is 19.9 Å². The summed E-state index contributed by atoms with van der Waals surface area (Å²) in [7, 11) is 1.64. The Kier molecular flexibility index (Phi) is 3.97. The van der Waals surface area contributed by atoms with Gasteiger partial charge in [-0.25, -0.2) is 0 Å². The maximum absolute atomic E-state index is 5.92. The summed E-state index contributed by atoms with van der Waals surface area (Å²) < 4.78 is 16.9. The van der Waals surface area contributed by atoms with E-state index in [0.29, 0.717) is 25.5 Å². The number of ether oxygens (including phenoxy) is 3. The lowest BCUT2D eigenvalue weighted by Gasteiger charge is -2.14. The number of fused-ring (bicyclic) bond motifs is 1. The lowest BCUT2D eigenvalue weighted by Crippen LogP contribution is -2.12. The molecule has 2 aromatic carbocycles. The number of rotatable bonds is 5. The summed E-state index contributed by atoms with van der Waals surface area (Å²) in [6, 6.07) is 13.9. The third-order valence-corrected chi connectivity index (χ3v) is 3.70. The molecule has 4 nitrogen and oxygen atoms in total. The van der Waals surface area contributed by atoms with Gasteiger partial charge in [0.1, 0.15) is 5.75 Å². The van der Waals surface area contributed by atoms with E-state index in [0.717, 1.165) is 17.1 Å². The zero-order valence-corrected chi connectivity index (χ0v) is 12.0. The molecule has 1 unspecified atom stereocenters. The summed E-state index contributed by atoms with van der Waals surface area (Å²) in [4.78, 5) is 0. The summed E-state index contributed by atoms with van der Waals surface area (Å²) in [5, 5.41) is 0. The minimum atomic E-state index is 0.250. The molecular weight excluding hydrogens is 266 g/mol. The molecule has 3 rings (SSSR count). The minimum Gasteiger partial charge on any atom is -0.493 e. The topological polar surface area (TPSA) is 53.7 Å². The van der Waals surface area contributed by atoms with Gasteiger partial charge in [-0.3, -0.25) is 0 Å². The predicted molar refractivity (Wildman–Crippen MR) is 81.1 cm³/mol. The van der Waals surface area contributed by atoms with Crippen LogP contribution in [0.5, 0.6) is 17.2 Å². The van der Waals surface area contributed by atoms with Gasteiger partial charge in [0, 0.05) is 12.1 Å². The van der Waals surface area contributed by atoms with Crippen LogP contribution in [0.25, 0.3) is 0 Å². The third kappa shape index (κ3) is 2.81. The van der Waals surface area contributed by atoms with E-state index in [1.165, 1.54) is 5.56 Å². The average Bonchev–Trinajstić information content (AvgIpc) is 2.96. The molecule has 0 radical (unpaired) electrons. The van der Waals surface area contributed by atoms with E-state index in [9.17, 15) is 0 Å². The van der Waals surface area contributed by atoms with Crippen molar-refractivity contribution in [1.82, 2.24) is 0 Å². The average molecular weight is 285 g/mol. The second-order valence-corrected chi connectivity index (χ2v) is 5.05. The molecule has 0 spiro atoms. The standard InChI is InChI=1S/C17H19NO3/c1-19-17-8-12(9-18)6-7-16(17)21-11-13-10-20-15-5-3-2-4-14(13)15/h2-8,13H,9-11,18H2,1H3. The number of methoxy groups -OCH3 is 1. The van der Waals surface area contributed by atoms with Crippen molar-refractivity contribution in [3.05, 3.63) is 53.6 Å². The van der Waals surface area contributed by atoms with Gasteiger partial charge in [-0.15, -0.1) is 0 Å². The van der Waals surface area contributed by atoms with Crippen LogP contribution in [-0.4, -0.2) is 20.3 Å². The van der Waals surface area contributed by atoms with Crippen molar-refractivity contribution in [2.45, 2.75) is 12.5 Å². The molecule has 0 amide bonds. The van der Waals surface area contributed by atoms with Crippen molar-refractivity contribution in [3.63, 3.8) is 0 Å². The van der Waals surface area contributed by atoms with Crippen molar-refractivity contribution >= 4 is 0 Å². The Balaban J connectivity index is 1.71. The normalized spacial score (nSPS) is 16.2. The molecule has 0 aliphatic carbocycles. The first kappa shape index (κ1) is 13.8. The second-order valence-electron chi connectivity index (χ2n) is 5.05. The minimum absolute atomic E-state index is 0.250. The highest BCUT2D eigenvalue weighted by Gasteiger charge is 2.24. The van der Waals surface area contributed by atoms with E-state index in [4.69, 9.17) is 19.9 Å². The van der Waals surface area contributed by atoms with Crippen LogP contribution in [0.4, 0.5) is 0 Å². The Labute approximate surface area is 124 Å². The maximum atomic E-state index is 5.92. The Bertz CT molecular complexity index is 627. The van der Waals surface area contributed by atoms with Gasteiger partial charge in [0.25, 0.3) is 0 Å². The highest BCUT2D eigenvalue weighted by Crippen LogP contribution is 2.35.